The maximum Gasteiger partial charge on any atom is 2.00 e. The maximum absolute atomic E-state index is 13.9. The number of aromatic hydroxyl groups is 4. The smallest absolute Gasteiger partial charge is 0.872 e. The molecule has 804 valence electrons. The zero-order valence-corrected chi connectivity index (χ0v) is 111. The molecule has 0 amide bonds. The Hall–Kier alpha value is -5.47. The summed E-state index contributed by atoms with van der Waals surface area (Å²) in [6, 6.07) is 24.0. The van der Waals surface area contributed by atoms with Gasteiger partial charge < -0.3 is 136 Å². The van der Waals surface area contributed by atoms with E-state index < -0.39 is 35.8 Å². The average Bonchev–Trinajstić information content (AvgIpc) is 0.781. The molecule has 0 saturated heterocycles. The number of aryl methyl sites for hydroxylation is 2. The minimum absolute atomic E-state index is 0. The average molecular weight is 2280 g/mol. The predicted octanol–water partition coefficient (Wildman–Crippen LogP) is 23.2. The minimum Gasteiger partial charge on any atom is -0.872 e. The van der Waals surface area contributed by atoms with Gasteiger partial charge in [0.05, 0.1) is 0 Å². The summed E-state index contributed by atoms with van der Waals surface area (Å²) in [4.78, 5) is 53.8. The van der Waals surface area contributed by atoms with Crippen LogP contribution in [0, 0.1) is 52.8 Å². The van der Waals surface area contributed by atoms with E-state index >= 15 is 0 Å². The fraction of sp³-hybridized carbons (Fsp3) is 0.619. The molecule has 29 nitrogen and oxygen atoms in total. The van der Waals surface area contributed by atoms with Crippen LogP contribution in [0.2, 0.25) is 0 Å². The standard InChI is InChI=1S/C39H61N3O2.C34H52N4O2.C28H40N4O2.6C2H4O2.2Mg.4Zn/c1-24-15-16-38(11,12)21-40-26(3)32-19-29(37(8,9)10)20-33(35(32)44)27(4)42-23-39(13,14)22-41-25(2)31-18-28(36(5,6)7)17-30(24)34(31)43;1-31(2,3)27-11-23-15-35-19-33(7,8)21-37-17-25-13-28(32(4,5)6)14-26(30(25)40)18-38-22-34(9,10)20-36-16-24(12-27)29(23)39;1-19-7-21-11-29-15-27(3,4)17-31-13-23-9-20(2)10-24(26(23)34)14-32-18-28(5,6)16-30-12-22(8-19)25(21)33;6*1-2(3)4;;;;;;/h15,17-20,24-27,43-44H,16,21-23H2,1-14H3;11-14,39-40H,15-22H2,1-10H3;7-10,33-34H,11-18H2,1-6H3;6*1H3,(H,3,4);;;;;;/q3*-4;;;;;;;6*+2/p-4. The van der Waals surface area contributed by atoms with Gasteiger partial charge in [-0.25, -0.2) is 0 Å². The van der Waals surface area contributed by atoms with Crippen LogP contribution in [0.25, 0.3) is 58.5 Å². The molecule has 0 aromatic heterocycles. The quantitative estimate of drug-likeness (QED) is 0.0517. The number of fused-ring (bicyclic) bond motifs is 12. The third-order valence-corrected chi connectivity index (χ3v) is 22.9. The first-order chi connectivity index (χ1) is 64.7. The molecule has 0 aliphatic carbocycles. The van der Waals surface area contributed by atoms with Crippen molar-refractivity contribution in [1.29, 1.82) is 0 Å². The van der Waals surface area contributed by atoms with E-state index in [0.29, 0.717) is 147 Å². The number of nitrogens with zero attached hydrogens (tertiary/aromatic N) is 11. The number of carboxylic acids is 6. The van der Waals surface area contributed by atoms with Gasteiger partial charge in [-0.1, -0.05) is 333 Å². The number of benzene rings is 6. The van der Waals surface area contributed by atoms with Crippen LogP contribution < -0.4 is 20.4 Å². The van der Waals surface area contributed by atoms with E-state index in [4.69, 9.17) is 118 Å². The molecule has 0 spiro atoms. The van der Waals surface area contributed by atoms with E-state index in [-0.39, 0.29) is 214 Å². The van der Waals surface area contributed by atoms with Gasteiger partial charge in [-0.15, -0.1) is 160 Å². The van der Waals surface area contributed by atoms with Crippen LogP contribution in [0.15, 0.2) is 72.8 Å². The van der Waals surface area contributed by atoms with Crippen LogP contribution in [0.1, 0.15) is 366 Å². The van der Waals surface area contributed by atoms with Crippen LogP contribution in [0.5, 0.6) is 34.5 Å². The number of aliphatic carboxylic acids is 6. The molecule has 0 fully saturated rings. The molecule has 0 saturated carbocycles. The largest absolute Gasteiger partial charge is 2.00 e. The molecule has 3 heterocycles. The van der Waals surface area contributed by atoms with E-state index in [1.807, 2.05) is 58.9 Å². The third-order valence-electron chi connectivity index (χ3n) is 22.9. The Morgan fingerprint density at radius 1 is 0.297 bits per heavy atom. The Morgan fingerprint density at radius 2 is 0.446 bits per heavy atom. The molecule has 148 heavy (non-hydrogen) atoms. The van der Waals surface area contributed by atoms with Gasteiger partial charge in [0.25, 0.3) is 23.9 Å². The monoisotopic (exact) mass is 2280 g/mol. The number of phenols is 4. The summed E-state index contributed by atoms with van der Waals surface area (Å²) in [5, 5.41) is 173. The Morgan fingerprint density at radius 3 is 0.628 bits per heavy atom. The molecule has 4 atom stereocenters. The van der Waals surface area contributed by atoms with E-state index in [1.54, 1.807) is 0 Å². The Bertz CT molecular complexity index is 4440. The van der Waals surface area contributed by atoms with Crippen molar-refractivity contribution in [3.8, 4) is 34.5 Å². The number of carboxylic acid groups (broad SMARTS) is 6. The van der Waals surface area contributed by atoms with Crippen molar-refractivity contribution in [3.63, 3.8) is 0 Å². The minimum atomic E-state index is -1.08. The van der Waals surface area contributed by atoms with E-state index in [9.17, 15) is 30.6 Å². The Labute approximate surface area is 971 Å². The van der Waals surface area contributed by atoms with Crippen LogP contribution in [-0.2, 0) is 181 Å². The molecule has 4 unspecified atom stereocenters. The van der Waals surface area contributed by atoms with Crippen molar-refractivity contribution >= 4 is 81.9 Å². The number of phenolic OH excluding ortho intramolecular Hbond substituents is 4. The van der Waals surface area contributed by atoms with Gasteiger partial charge in [-0.2, -0.15) is 6.42 Å². The summed E-state index contributed by atoms with van der Waals surface area (Å²) >= 11 is 0. The first-order valence-electron chi connectivity index (χ1n) is 48.8. The summed E-state index contributed by atoms with van der Waals surface area (Å²) in [5.41, 5.74) is 15.7. The molecular weight excluding hydrogens is 2110 g/mol. The normalized spacial score (nSPS) is 18.6. The van der Waals surface area contributed by atoms with Gasteiger partial charge in [-0.3, -0.25) is 19.2 Å². The molecule has 6 aromatic rings. The zero-order chi connectivity index (χ0) is 110. The Kier molecular flexibility index (Phi) is 71.9. The van der Waals surface area contributed by atoms with Crippen LogP contribution >= 0.6 is 0 Å². The molecule has 9 rings (SSSR count). The van der Waals surface area contributed by atoms with Crippen molar-refractivity contribution in [2.75, 3.05) is 72.0 Å². The number of hydrogen-bond acceptors (Lipinski definition) is 14. The Balaban J connectivity index is -0.000000452. The van der Waals surface area contributed by atoms with Crippen LogP contribution in [0.4, 0.5) is 0 Å². The number of rotatable bonds is 0. The molecule has 6 aromatic carbocycles. The van der Waals surface area contributed by atoms with Gasteiger partial charge in [0.1, 0.15) is 23.0 Å². The van der Waals surface area contributed by atoms with Gasteiger partial charge in [-0.05, 0) is 116 Å². The van der Waals surface area contributed by atoms with Gasteiger partial charge in [0.15, 0.2) is 0 Å². The molecule has 35 heteroatoms. The molecule has 0 radical (unpaired) electrons. The maximum atomic E-state index is 13.9. The summed E-state index contributed by atoms with van der Waals surface area (Å²) in [6.07, 6.45) is 3.08. The fourth-order valence-corrected chi connectivity index (χ4v) is 14.9. The van der Waals surface area contributed by atoms with E-state index in [2.05, 4.69) is 228 Å². The SMILES string of the molecule is CC(=O)O.CC(=O)O.CC(=O)O.CC(=O)O.CC(=O)[O-].CC(=O)[O-].CC1(C)C[N-]Cc2cc(C(C)(C)C)cc(c2O)C[N-]CC(C)(C)C[N-]Cc2cc(C(C)(C)C)cc(c2O)C[N-]C1.CC1[CH-]CC(C)(C)C[N-]C(C)c2cc(C(C)(C)C)cc(c2[O-])C(C)[N-]CC(C)(C)C[N-]C(C)c2cc(C(C)(C)C)cc1c2[O-].Cc1cc2c(O)c(c1)C[N-]CC(C)(C)C[N-]Cc1cc(C)cc(c1O)C[N-]CC(C)(C)C[N-]C2.[Mg+2].[Mg+2].[Zn+2].[Zn+2].[Zn+2].[Zn+2]. The van der Waals surface area contributed by atoms with Crippen molar-refractivity contribution in [2.45, 2.75) is 354 Å². The summed E-state index contributed by atoms with van der Waals surface area (Å²) in [5.74, 6) is -4.11. The predicted molar refractivity (Wildman–Crippen MR) is 580 cm³/mol. The number of carbonyl (C=O) groups excluding carboxylic acids is 2. The third kappa shape index (κ3) is 61.7. The summed E-state index contributed by atoms with van der Waals surface area (Å²) < 4.78 is 0. The van der Waals surface area contributed by atoms with E-state index in [1.165, 1.54) is 16.7 Å². The first-order valence-corrected chi connectivity index (χ1v) is 48.8. The van der Waals surface area contributed by atoms with Crippen LogP contribution in [-0.4, -0.2) is 195 Å². The number of carbonyl (C=O) groups is 6. The molecular formula is C113H173Mg2N11O18Zn4-4. The van der Waals surface area contributed by atoms with Crippen LogP contribution in [0.3, 0.4) is 0 Å². The van der Waals surface area contributed by atoms with Gasteiger partial charge >= 0.3 is 124 Å². The van der Waals surface area contributed by atoms with Crippen molar-refractivity contribution < 1.29 is 168 Å². The van der Waals surface area contributed by atoms with Crippen molar-refractivity contribution in [1.82, 2.24) is 0 Å². The topological polar surface area (TPSA) is 512 Å². The van der Waals surface area contributed by atoms with Gasteiger partial charge in [0.2, 0.25) is 0 Å². The molecule has 3 aliphatic rings. The molecule has 3 aliphatic heterocycles. The first kappa shape index (κ1) is 153. The van der Waals surface area contributed by atoms with Crippen molar-refractivity contribution in [3.05, 3.63) is 238 Å². The summed E-state index contributed by atoms with van der Waals surface area (Å²) in [7, 11) is 0. The second kappa shape index (κ2) is 69.5. The summed E-state index contributed by atoms with van der Waals surface area (Å²) in [6.45, 7) is 81.4. The molecule has 8 N–H and O–H groups in total. The van der Waals surface area contributed by atoms with Gasteiger partial charge in [0, 0.05) is 39.6 Å². The zero-order valence-electron chi connectivity index (χ0n) is 96.8. The second-order valence-corrected chi connectivity index (χ2v) is 46.8. The second-order valence-electron chi connectivity index (χ2n) is 46.8. The number of hydrogen-bond donors (Lipinski definition) is 8. The van der Waals surface area contributed by atoms with E-state index in [0.717, 1.165) is 131 Å². The fourth-order valence-electron chi connectivity index (χ4n) is 14.9. The van der Waals surface area contributed by atoms with Crippen molar-refractivity contribution in [2.24, 2.45) is 32.5 Å². The molecule has 12 bridgehead atoms.